The second-order valence-corrected chi connectivity index (χ2v) is 12.2. The quantitative estimate of drug-likeness (QED) is 0.244. The lowest BCUT2D eigenvalue weighted by molar-refractivity contribution is -0.137. The van der Waals surface area contributed by atoms with E-state index in [-0.39, 0.29) is 11.7 Å². The highest BCUT2D eigenvalue weighted by atomic mass is 19.4. The van der Waals surface area contributed by atoms with E-state index in [1.165, 1.54) is 12.5 Å². The van der Waals surface area contributed by atoms with Gasteiger partial charge in [0.05, 0.1) is 43.8 Å². The van der Waals surface area contributed by atoms with E-state index in [4.69, 9.17) is 9.47 Å². The Bertz CT molecular complexity index is 1420. The number of likely N-dealkylation sites (tertiary alicyclic amines) is 1. The molecule has 1 unspecified atom stereocenters. The van der Waals surface area contributed by atoms with Gasteiger partial charge < -0.3 is 29.1 Å². The molecule has 0 bridgehead atoms. The topological polar surface area (TPSA) is 55.0 Å². The number of piperidine rings is 1. The van der Waals surface area contributed by atoms with Crippen molar-refractivity contribution >= 4 is 17.1 Å². The summed E-state index contributed by atoms with van der Waals surface area (Å²) in [6.07, 6.45) is 1.76. The average molecular weight is 610 g/mol. The largest absolute Gasteiger partial charge is 0.497 e. The van der Waals surface area contributed by atoms with E-state index in [1.807, 2.05) is 17.0 Å². The third-order valence-corrected chi connectivity index (χ3v) is 9.40. The smallest absolute Gasteiger partial charge is 0.418 e. The van der Waals surface area contributed by atoms with E-state index in [1.54, 1.807) is 32.4 Å². The van der Waals surface area contributed by atoms with Crippen LogP contribution in [0.2, 0.25) is 0 Å². The zero-order valence-electron chi connectivity index (χ0n) is 25.7. The molecule has 2 aromatic carbocycles. The maximum absolute atomic E-state index is 14.3. The molecule has 3 saturated heterocycles. The van der Waals surface area contributed by atoms with Gasteiger partial charge in [-0.15, -0.1) is 0 Å². The summed E-state index contributed by atoms with van der Waals surface area (Å²) in [5.41, 5.74) is 4.25. The molecule has 44 heavy (non-hydrogen) atoms. The van der Waals surface area contributed by atoms with Crippen molar-refractivity contribution in [1.82, 2.24) is 9.80 Å². The van der Waals surface area contributed by atoms with Crippen LogP contribution < -0.4 is 19.3 Å². The normalized spacial score (nSPS) is 20.4. The highest BCUT2D eigenvalue weighted by Gasteiger charge is 2.47. The van der Waals surface area contributed by atoms with Crippen molar-refractivity contribution in [3.8, 4) is 11.5 Å². The van der Waals surface area contributed by atoms with Gasteiger partial charge in [0, 0.05) is 73.6 Å². The third kappa shape index (κ3) is 6.08. The van der Waals surface area contributed by atoms with Gasteiger partial charge in [-0.3, -0.25) is 5.41 Å². The van der Waals surface area contributed by atoms with Gasteiger partial charge in [-0.2, -0.15) is 13.2 Å². The highest BCUT2D eigenvalue weighted by molar-refractivity contribution is 6.12. The zero-order valence-corrected chi connectivity index (χ0v) is 25.7. The van der Waals surface area contributed by atoms with E-state index in [0.717, 1.165) is 74.5 Å². The predicted molar refractivity (Wildman–Crippen MR) is 168 cm³/mol. The molecule has 1 N–H and O–H groups in total. The van der Waals surface area contributed by atoms with Gasteiger partial charge in [-0.25, -0.2) is 0 Å². The summed E-state index contributed by atoms with van der Waals surface area (Å²) in [6.45, 7) is 9.83. The number of halogens is 3. The van der Waals surface area contributed by atoms with Crippen molar-refractivity contribution < 1.29 is 22.6 Å². The molecule has 4 heterocycles. The number of alkyl halides is 3. The molecule has 4 aliphatic rings. The number of hydrogen-bond acceptors (Lipinski definition) is 7. The highest BCUT2D eigenvalue weighted by Crippen LogP contribution is 2.46. The summed E-state index contributed by atoms with van der Waals surface area (Å²) >= 11 is 0. The van der Waals surface area contributed by atoms with E-state index >= 15 is 0 Å². The van der Waals surface area contributed by atoms with Gasteiger partial charge in [0.1, 0.15) is 11.5 Å². The predicted octanol–water partition coefficient (Wildman–Crippen LogP) is 6.54. The van der Waals surface area contributed by atoms with E-state index in [2.05, 4.69) is 21.3 Å². The summed E-state index contributed by atoms with van der Waals surface area (Å²) in [5, 5.41) is 9.32. The van der Waals surface area contributed by atoms with Gasteiger partial charge in [-0.05, 0) is 68.9 Å². The third-order valence-electron chi connectivity index (χ3n) is 9.40. The molecule has 0 aliphatic carbocycles. The van der Waals surface area contributed by atoms with Crippen molar-refractivity contribution in [2.45, 2.75) is 50.7 Å². The molecule has 7 nitrogen and oxygen atoms in total. The molecule has 0 radical (unpaired) electrons. The van der Waals surface area contributed by atoms with E-state index in [0.29, 0.717) is 48.8 Å². The maximum Gasteiger partial charge on any atom is 0.418 e. The summed E-state index contributed by atoms with van der Waals surface area (Å²) in [4.78, 5) is 8.62. The van der Waals surface area contributed by atoms with Crippen LogP contribution in [0, 0.1) is 5.41 Å². The Balaban J connectivity index is 1.37. The molecular formula is C34H42F3N5O2. The van der Waals surface area contributed by atoms with Crippen LogP contribution in [-0.2, 0) is 6.18 Å². The Kier molecular flexibility index (Phi) is 8.44. The molecule has 0 aromatic heterocycles. The molecular weight excluding hydrogens is 567 g/mol. The Morgan fingerprint density at radius 3 is 2.20 bits per heavy atom. The average Bonchev–Trinajstić information content (AvgIpc) is 3.40. The van der Waals surface area contributed by atoms with Gasteiger partial charge in [0.2, 0.25) is 0 Å². The molecule has 0 amide bonds. The molecule has 0 saturated carbocycles. The molecule has 0 spiro atoms. The minimum Gasteiger partial charge on any atom is -0.497 e. The Morgan fingerprint density at radius 1 is 0.909 bits per heavy atom. The van der Waals surface area contributed by atoms with Crippen LogP contribution in [0.4, 0.5) is 24.5 Å². The zero-order chi connectivity index (χ0) is 31.0. The van der Waals surface area contributed by atoms with Gasteiger partial charge in [0.25, 0.3) is 0 Å². The Hall–Kier alpha value is -3.82. The molecule has 2 aromatic rings. The fourth-order valence-corrected chi connectivity index (χ4v) is 6.98. The van der Waals surface area contributed by atoms with Crippen molar-refractivity contribution in [3.05, 3.63) is 71.1 Å². The number of nitrogens with one attached hydrogen (secondary N) is 1. The summed E-state index contributed by atoms with van der Waals surface area (Å²) in [6, 6.07) is 9.71. The number of ether oxygens (including phenoxy) is 2. The van der Waals surface area contributed by atoms with Crippen molar-refractivity contribution in [1.29, 1.82) is 5.41 Å². The summed E-state index contributed by atoms with van der Waals surface area (Å²) in [7, 11) is 3.15. The molecule has 4 aliphatic heterocycles. The number of benzene rings is 2. The fourth-order valence-electron chi connectivity index (χ4n) is 6.98. The number of anilines is 2. The molecule has 236 valence electrons. The Labute approximate surface area is 258 Å². The van der Waals surface area contributed by atoms with Gasteiger partial charge in [-0.1, -0.05) is 6.58 Å². The van der Waals surface area contributed by atoms with Crippen molar-refractivity contribution in [3.63, 3.8) is 0 Å². The molecule has 3 fully saturated rings. The lowest BCUT2D eigenvalue weighted by atomic mass is 9.98. The number of hydrogen-bond donors (Lipinski definition) is 1. The lowest BCUT2D eigenvalue weighted by Crippen LogP contribution is -2.35. The first-order valence-electron chi connectivity index (χ1n) is 15.6. The number of methoxy groups -OCH3 is 2. The fraction of sp³-hybridized carbons (Fsp3) is 0.500. The van der Waals surface area contributed by atoms with Crippen molar-refractivity contribution in [2.24, 2.45) is 0 Å². The van der Waals surface area contributed by atoms with Crippen LogP contribution in [0.25, 0.3) is 0 Å². The summed E-state index contributed by atoms with van der Waals surface area (Å²) < 4.78 is 54.0. The lowest BCUT2D eigenvalue weighted by Gasteiger charge is -2.34. The molecule has 1 atom stereocenters. The SMILES string of the molecule is C=C(CN1CCC(C(=N)c2cc(OC)cc(OC)c2)=C1C1CN1c1cc(N2CCCC2)ccc1C(F)(F)F)N1CCCCC1. The maximum atomic E-state index is 14.3. The molecule has 6 rings (SSSR count). The first-order valence-corrected chi connectivity index (χ1v) is 15.6. The van der Waals surface area contributed by atoms with Crippen LogP contribution in [0.1, 0.15) is 49.7 Å². The first-order chi connectivity index (χ1) is 21.2. The molecule has 10 heteroatoms. The minimum absolute atomic E-state index is 0.218. The standard InChI is InChI=1S/C34H42F3N5O2/c1-23(39-12-5-4-6-13-39)21-41-16-11-28(32(38)24-17-26(43-2)20-27(18-24)44-3)33(41)31-22-42(31)30-19-25(40-14-7-8-15-40)9-10-29(30)34(35,36)37/h9-10,17-20,31,38H,1,4-8,11-16,21-22H2,2-3H3. The first kappa shape index (κ1) is 30.2. The summed E-state index contributed by atoms with van der Waals surface area (Å²) in [5.74, 6) is 1.17. The van der Waals surface area contributed by atoms with Gasteiger partial charge in [0.15, 0.2) is 0 Å². The minimum atomic E-state index is -4.47. The Morgan fingerprint density at radius 2 is 1.57 bits per heavy atom. The second-order valence-electron chi connectivity index (χ2n) is 12.2. The van der Waals surface area contributed by atoms with Gasteiger partial charge >= 0.3 is 6.18 Å². The second kappa shape index (κ2) is 12.3. The van der Waals surface area contributed by atoms with Crippen LogP contribution >= 0.6 is 0 Å². The van der Waals surface area contributed by atoms with E-state index < -0.39 is 11.7 Å². The van der Waals surface area contributed by atoms with E-state index in [9.17, 15) is 18.6 Å². The van der Waals surface area contributed by atoms with Crippen LogP contribution in [0.3, 0.4) is 0 Å². The van der Waals surface area contributed by atoms with Crippen LogP contribution in [-0.4, -0.2) is 81.6 Å². The number of nitrogens with zero attached hydrogens (tertiary/aromatic N) is 4. The van der Waals surface area contributed by atoms with Crippen LogP contribution in [0.15, 0.2) is 59.9 Å². The van der Waals surface area contributed by atoms with Crippen molar-refractivity contribution in [2.75, 3.05) is 69.8 Å². The number of rotatable bonds is 10. The monoisotopic (exact) mass is 609 g/mol. The van der Waals surface area contributed by atoms with Crippen LogP contribution in [0.5, 0.6) is 11.5 Å².